The Morgan fingerprint density at radius 3 is 2.00 bits per heavy atom. The van der Waals surface area contributed by atoms with Crippen molar-refractivity contribution in [1.82, 2.24) is 0 Å². The third kappa shape index (κ3) is 3.67. The molecule has 4 heteroatoms. The zero-order chi connectivity index (χ0) is 15.5. The van der Waals surface area contributed by atoms with Crippen molar-refractivity contribution in [2.75, 3.05) is 5.75 Å². The van der Waals surface area contributed by atoms with Crippen molar-refractivity contribution in [3.8, 4) is 0 Å². The molecule has 0 saturated carbocycles. The largest absolute Gasteiger partial charge is 0.295 e. The van der Waals surface area contributed by atoms with Gasteiger partial charge in [-0.05, 0) is 30.2 Å². The lowest BCUT2D eigenvalue weighted by Gasteiger charge is -2.08. The molecule has 0 unspecified atom stereocenters. The van der Waals surface area contributed by atoms with Gasteiger partial charge in [0.1, 0.15) is 0 Å². The molecule has 0 heterocycles. The van der Waals surface area contributed by atoms with Gasteiger partial charge in [-0.3, -0.25) is 4.79 Å². The van der Waals surface area contributed by atoms with Crippen LogP contribution in [0.15, 0.2) is 66.1 Å². The number of carbonyl (C=O) groups is 1. The molecule has 3 nitrogen and oxygen atoms in total. The molecule has 0 aliphatic carbocycles. The Kier molecular flexibility index (Phi) is 4.38. The first-order valence-corrected chi connectivity index (χ1v) is 8.12. The Hall–Kier alpha value is -2.20. The van der Waals surface area contributed by atoms with E-state index in [-0.39, 0.29) is 16.4 Å². The van der Waals surface area contributed by atoms with Crippen LogP contribution in [0.4, 0.5) is 0 Å². The summed E-state index contributed by atoms with van der Waals surface area (Å²) in [5.74, 6) is -0.166. The van der Waals surface area contributed by atoms with Gasteiger partial charge in [0.2, 0.25) is 0 Å². The highest BCUT2D eigenvalue weighted by atomic mass is 32.2. The minimum atomic E-state index is -3.40. The highest BCUT2D eigenvalue weighted by Crippen LogP contribution is 2.20. The number of benzene rings is 2. The monoisotopic (exact) mass is 300 g/mol. The molecule has 0 spiro atoms. The number of rotatable bonds is 5. The van der Waals surface area contributed by atoms with Crippen molar-refractivity contribution < 1.29 is 13.2 Å². The minimum Gasteiger partial charge on any atom is -0.295 e. The maximum absolute atomic E-state index is 12.3. The third-order valence-corrected chi connectivity index (χ3v) is 4.89. The van der Waals surface area contributed by atoms with E-state index in [0.717, 1.165) is 5.56 Å². The Morgan fingerprint density at radius 2 is 1.48 bits per heavy atom. The lowest BCUT2D eigenvalue weighted by Crippen LogP contribution is -2.08. The number of sulfone groups is 1. The van der Waals surface area contributed by atoms with Gasteiger partial charge in [-0.15, -0.1) is 0 Å². The molecule has 0 fully saturated rings. The van der Waals surface area contributed by atoms with Crippen LogP contribution in [-0.4, -0.2) is 20.0 Å². The van der Waals surface area contributed by atoms with Gasteiger partial charge in [0, 0.05) is 5.56 Å². The Morgan fingerprint density at radius 1 is 0.952 bits per heavy atom. The standard InChI is InChI=1S/C17H16O3S/c1-13(15-8-10-16(11-9-15)14(2)18)12-21(19,20)17-6-4-3-5-7-17/h3-11H,1,12H2,2H3. The maximum atomic E-state index is 12.3. The Balaban J connectivity index is 2.20. The zero-order valence-electron chi connectivity index (χ0n) is 11.7. The van der Waals surface area contributed by atoms with E-state index in [2.05, 4.69) is 6.58 Å². The first kappa shape index (κ1) is 15.2. The summed E-state index contributed by atoms with van der Waals surface area (Å²) in [6.07, 6.45) is 0. The second kappa shape index (κ2) is 6.06. The molecule has 2 rings (SSSR count). The van der Waals surface area contributed by atoms with Crippen molar-refractivity contribution in [3.05, 3.63) is 72.3 Å². The first-order valence-electron chi connectivity index (χ1n) is 6.47. The summed E-state index contributed by atoms with van der Waals surface area (Å²) >= 11 is 0. The minimum absolute atomic E-state index is 0.0240. The fourth-order valence-corrected chi connectivity index (χ4v) is 3.33. The highest BCUT2D eigenvalue weighted by molar-refractivity contribution is 7.91. The number of ketones is 1. The summed E-state index contributed by atoms with van der Waals surface area (Å²) in [6, 6.07) is 15.1. The van der Waals surface area contributed by atoms with Crippen LogP contribution in [0.1, 0.15) is 22.8 Å². The van der Waals surface area contributed by atoms with E-state index in [1.54, 1.807) is 54.6 Å². The van der Waals surface area contributed by atoms with Gasteiger partial charge in [0.25, 0.3) is 0 Å². The van der Waals surface area contributed by atoms with E-state index >= 15 is 0 Å². The predicted molar refractivity (Wildman–Crippen MR) is 84.0 cm³/mol. The van der Waals surface area contributed by atoms with Gasteiger partial charge in [0.15, 0.2) is 15.6 Å². The van der Waals surface area contributed by atoms with Gasteiger partial charge in [0.05, 0.1) is 10.6 Å². The average Bonchev–Trinajstić information content (AvgIpc) is 2.48. The van der Waals surface area contributed by atoms with Gasteiger partial charge in [-0.1, -0.05) is 49.0 Å². The molecular weight excluding hydrogens is 284 g/mol. The summed E-state index contributed by atoms with van der Waals surface area (Å²) in [4.78, 5) is 11.5. The molecule has 0 N–H and O–H groups in total. The van der Waals surface area contributed by atoms with Crippen LogP contribution >= 0.6 is 0 Å². The summed E-state index contributed by atoms with van der Waals surface area (Å²) in [5, 5.41) is 0. The van der Waals surface area contributed by atoms with E-state index in [4.69, 9.17) is 0 Å². The van der Waals surface area contributed by atoms with Crippen LogP contribution in [0.3, 0.4) is 0 Å². The normalized spacial score (nSPS) is 11.1. The van der Waals surface area contributed by atoms with Crippen LogP contribution in [0.5, 0.6) is 0 Å². The maximum Gasteiger partial charge on any atom is 0.182 e. The van der Waals surface area contributed by atoms with E-state index < -0.39 is 9.84 Å². The molecule has 0 amide bonds. The summed E-state index contributed by atoms with van der Waals surface area (Å²) in [7, 11) is -3.40. The molecule has 0 aromatic heterocycles. The molecular formula is C17H16O3S. The predicted octanol–water partition coefficient (Wildman–Crippen LogP) is 3.38. The van der Waals surface area contributed by atoms with Crippen LogP contribution in [0.25, 0.3) is 5.57 Å². The Bertz CT molecular complexity index is 757. The summed E-state index contributed by atoms with van der Waals surface area (Å²) in [5.41, 5.74) is 1.82. The van der Waals surface area contributed by atoms with Crippen molar-refractivity contribution in [3.63, 3.8) is 0 Å². The number of hydrogen-bond donors (Lipinski definition) is 0. The van der Waals surface area contributed by atoms with Crippen LogP contribution in [0.2, 0.25) is 0 Å². The lowest BCUT2D eigenvalue weighted by molar-refractivity contribution is 0.101. The first-order chi connectivity index (χ1) is 9.90. The summed E-state index contributed by atoms with van der Waals surface area (Å²) < 4.78 is 24.6. The number of Topliss-reactive ketones (excluding diaryl/α,β-unsaturated/α-hetero) is 1. The van der Waals surface area contributed by atoms with Gasteiger partial charge >= 0.3 is 0 Å². The molecule has 108 valence electrons. The molecule has 0 atom stereocenters. The van der Waals surface area contributed by atoms with Crippen LogP contribution < -0.4 is 0 Å². The molecule has 2 aromatic rings. The second-order valence-corrected chi connectivity index (χ2v) is 6.80. The molecule has 0 saturated heterocycles. The molecule has 2 aromatic carbocycles. The van der Waals surface area contributed by atoms with E-state index in [9.17, 15) is 13.2 Å². The van der Waals surface area contributed by atoms with E-state index in [0.29, 0.717) is 11.1 Å². The topological polar surface area (TPSA) is 51.2 Å². The highest BCUT2D eigenvalue weighted by Gasteiger charge is 2.16. The molecule has 0 aliphatic heterocycles. The fourth-order valence-electron chi connectivity index (χ4n) is 1.96. The molecule has 0 radical (unpaired) electrons. The van der Waals surface area contributed by atoms with E-state index in [1.807, 2.05) is 0 Å². The molecule has 0 bridgehead atoms. The lowest BCUT2D eigenvalue weighted by atomic mass is 10.1. The van der Waals surface area contributed by atoms with Crippen LogP contribution in [0, 0.1) is 0 Å². The smallest absolute Gasteiger partial charge is 0.182 e. The number of hydrogen-bond acceptors (Lipinski definition) is 3. The second-order valence-electron chi connectivity index (χ2n) is 4.81. The number of carbonyl (C=O) groups excluding carboxylic acids is 1. The fraction of sp³-hybridized carbons (Fsp3) is 0.118. The average molecular weight is 300 g/mol. The van der Waals surface area contributed by atoms with Crippen molar-refractivity contribution in [1.29, 1.82) is 0 Å². The zero-order valence-corrected chi connectivity index (χ0v) is 12.6. The van der Waals surface area contributed by atoms with Crippen molar-refractivity contribution >= 4 is 21.2 Å². The van der Waals surface area contributed by atoms with Gasteiger partial charge < -0.3 is 0 Å². The SMILES string of the molecule is C=C(CS(=O)(=O)c1ccccc1)c1ccc(C(C)=O)cc1. The molecule has 0 aliphatic rings. The van der Waals surface area contributed by atoms with Gasteiger partial charge in [-0.25, -0.2) is 8.42 Å². The summed E-state index contributed by atoms with van der Waals surface area (Å²) in [6.45, 7) is 5.34. The third-order valence-electron chi connectivity index (χ3n) is 3.17. The van der Waals surface area contributed by atoms with Crippen molar-refractivity contribution in [2.24, 2.45) is 0 Å². The van der Waals surface area contributed by atoms with E-state index in [1.165, 1.54) is 6.92 Å². The van der Waals surface area contributed by atoms with Crippen molar-refractivity contribution in [2.45, 2.75) is 11.8 Å². The quantitative estimate of drug-likeness (QED) is 0.795. The van der Waals surface area contributed by atoms with Gasteiger partial charge in [-0.2, -0.15) is 0 Å². The molecule has 21 heavy (non-hydrogen) atoms. The van der Waals surface area contributed by atoms with Crippen LogP contribution in [-0.2, 0) is 9.84 Å². The Labute approximate surface area is 124 Å².